The van der Waals surface area contributed by atoms with Crippen LogP contribution in [0, 0.1) is 10.1 Å². The van der Waals surface area contributed by atoms with Crippen LogP contribution in [-0.2, 0) is 6.18 Å². The molecule has 2 rings (SSSR count). The fourth-order valence-corrected chi connectivity index (χ4v) is 1.54. The number of hydrogen-bond donors (Lipinski definition) is 0. The zero-order chi connectivity index (χ0) is 16.3. The molecule has 0 aliphatic carbocycles. The second-order valence-corrected chi connectivity index (χ2v) is 4.04. The van der Waals surface area contributed by atoms with Crippen LogP contribution >= 0.6 is 0 Å². The highest BCUT2D eigenvalue weighted by molar-refractivity contribution is 5.91. The van der Waals surface area contributed by atoms with Gasteiger partial charge in [0.05, 0.1) is 10.5 Å². The van der Waals surface area contributed by atoms with E-state index in [0.717, 1.165) is 12.1 Å². The fraction of sp³-hybridized carbons (Fsp3) is 0.0769. The molecule has 0 aliphatic heterocycles. The van der Waals surface area contributed by atoms with Gasteiger partial charge in [0.25, 0.3) is 0 Å². The van der Waals surface area contributed by atoms with Crippen LogP contribution in [0.25, 0.3) is 0 Å². The molecule has 0 amide bonds. The lowest BCUT2D eigenvalue weighted by Crippen LogP contribution is -2.12. The second kappa shape index (κ2) is 5.80. The smallest absolute Gasteiger partial charge is 0.416 e. The maximum atomic E-state index is 12.4. The highest BCUT2D eigenvalue weighted by atomic mass is 19.4. The van der Waals surface area contributed by atoms with Crippen LogP contribution in [0.4, 0.5) is 18.9 Å². The maximum Gasteiger partial charge on any atom is 0.433 e. The molecular weight excluding hydrogens is 305 g/mol. The number of para-hydroxylation sites is 2. The molecule has 0 spiro atoms. The van der Waals surface area contributed by atoms with Gasteiger partial charge in [-0.15, -0.1) is 0 Å². The summed E-state index contributed by atoms with van der Waals surface area (Å²) in [4.78, 5) is 24.9. The predicted octanol–water partition coefficient (Wildman–Crippen LogP) is 3.23. The summed E-state index contributed by atoms with van der Waals surface area (Å²) in [5.74, 6) is -1.35. The third-order valence-corrected chi connectivity index (χ3v) is 2.55. The monoisotopic (exact) mass is 312 g/mol. The number of nitro benzene ring substituents is 1. The minimum Gasteiger partial charge on any atom is -0.416 e. The van der Waals surface area contributed by atoms with Crippen LogP contribution in [-0.4, -0.2) is 15.9 Å². The van der Waals surface area contributed by atoms with Crippen molar-refractivity contribution in [1.82, 2.24) is 4.98 Å². The van der Waals surface area contributed by atoms with Crippen molar-refractivity contribution in [2.75, 3.05) is 0 Å². The summed E-state index contributed by atoms with van der Waals surface area (Å²) >= 11 is 0. The summed E-state index contributed by atoms with van der Waals surface area (Å²) in [7, 11) is 0. The summed E-state index contributed by atoms with van der Waals surface area (Å²) in [6, 6.07) is 6.64. The summed E-state index contributed by atoms with van der Waals surface area (Å²) in [6.45, 7) is 0. The van der Waals surface area contributed by atoms with Gasteiger partial charge in [0.2, 0.25) is 5.75 Å². The number of alkyl halides is 3. The van der Waals surface area contributed by atoms with E-state index in [1.807, 2.05) is 0 Å². The summed E-state index contributed by atoms with van der Waals surface area (Å²) in [5, 5.41) is 10.8. The SMILES string of the molecule is O=C(Oc1ccccc1[N+](=O)[O-])c1ccc(C(F)(F)F)nc1. The zero-order valence-electron chi connectivity index (χ0n) is 10.7. The molecule has 0 radical (unpaired) electrons. The number of carbonyl (C=O) groups excluding carboxylic acids is 1. The number of benzene rings is 1. The van der Waals surface area contributed by atoms with E-state index in [4.69, 9.17) is 4.74 Å². The molecule has 6 nitrogen and oxygen atoms in total. The van der Waals surface area contributed by atoms with Gasteiger partial charge in [0.1, 0.15) is 5.69 Å². The highest BCUT2D eigenvalue weighted by Crippen LogP contribution is 2.28. The van der Waals surface area contributed by atoms with Crippen molar-refractivity contribution >= 4 is 11.7 Å². The molecule has 0 fully saturated rings. The number of nitrogens with zero attached hydrogens (tertiary/aromatic N) is 2. The molecule has 0 saturated carbocycles. The van der Waals surface area contributed by atoms with Gasteiger partial charge in [-0.2, -0.15) is 13.2 Å². The van der Waals surface area contributed by atoms with Crippen molar-refractivity contribution in [3.8, 4) is 5.75 Å². The molecule has 0 atom stereocenters. The van der Waals surface area contributed by atoms with E-state index in [1.165, 1.54) is 18.2 Å². The number of aromatic nitrogens is 1. The Balaban J connectivity index is 2.22. The zero-order valence-corrected chi connectivity index (χ0v) is 10.7. The van der Waals surface area contributed by atoms with Crippen LogP contribution in [0.2, 0.25) is 0 Å². The first kappa shape index (κ1) is 15.4. The number of rotatable bonds is 3. The first-order valence-electron chi connectivity index (χ1n) is 5.78. The summed E-state index contributed by atoms with van der Waals surface area (Å²) in [5.41, 5.74) is -1.85. The van der Waals surface area contributed by atoms with Crippen LogP contribution < -0.4 is 4.74 Å². The van der Waals surface area contributed by atoms with Gasteiger partial charge in [0.15, 0.2) is 0 Å². The van der Waals surface area contributed by atoms with Gasteiger partial charge < -0.3 is 4.74 Å². The standard InChI is InChI=1S/C13H7F3N2O4/c14-13(15,16)11-6-5-8(7-17-11)12(19)22-10-4-2-1-3-9(10)18(20)21/h1-7H. The molecule has 0 saturated heterocycles. The normalized spacial score (nSPS) is 11.0. The lowest BCUT2D eigenvalue weighted by molar-refractivity contribution is -0.385. The number of esters is 1. The van der Waals surface area contributed by atoms with E-state index in [0.29, 0.717) is 12.3 Å². The van der Waals surface area contributed by atoms with Gasteiger partial charge in [-0.25, -0.2) is 4.79 Å². The van der Waals surface area contributed by atoms with Crippen LogP contribution in [0.5, 0.6) is 5.75 Å². The lowest BCUT2D eigenvalue weighted by Gasteiger charge is -2.07. The summed E-state index contributed by atoms with van der Waals surface area (Å²) < 4.78 is 41.9. The van der Waals surface area contributed by atoms with Crippen molar-refractivity contribution < 1.29 is 27.6 Å². The van der Waals surface area contributed by atoms with E-state index >= 15 is 0 Å². The Labute approximate surface area is 121 Å². The van der Waals surface area contributed by atoms with Crippen molar-refractivity contribution in [3.63, 3.8) is 0 Å². The van der Waals surface area contributed by atoms with Gasteiger partial charge in [-0.3, -0.25) is 15.1 Å². The van der Waals surface area contributed by atoms with Crippen molar-refractivity contribution in [1.29, 1.82) is 0 Å². The molecule has 0 bridgehead atoms. The molecule has 2 aromatic rings. The Morgan fingerprint density at radius 1 is 1.18 bits per heavy atom. The van der Waals surface area contributed by atoms with Crippen molar-refractivity contribution in [2.24, 2.45) is 0 Å². The van der Waals surface area contributed by atoms with Crippen LogP contribution in [0.15, 0.2) is 42.6 Å². The number of pyridine rings is 1. The highest BCUT2D eigenvalue weighted by Gasteiger charge is 2.32. The maximum absolute atomic E-state index is 12.4. The van der Waals surface area contributed by atoms with E-state index in [2.05, 4.69) is 4.98 Å². The molecule has 1 aromatic carbocycles. The minimum atomic E-state index is -4.62. The molecule has 0 N–H and O–H groups in total. The number of hydrogen-bond acceptors (Lipinski definition) is 5. The van der Waals surface area contributed by atoms with E-state index in [1.54, 1.807) is 0 Å². The minimum absolute atomic E-state index is 0.258. The van der Waals surface area contributed by atoms with Gasteiger partial charge in [-0.05, 0) is 18.2 Å². The molecule has 0 unspecified atom stereocenters. The van der Waals surface area contributed by atoms with Crippen molar-refractivity contribution in [2.45, 2.75) is 6.18 Å². The third-order valence-electron chi connectivity index (χ3n) is 2.55. The molecule has 9 heteroatoms. The Bertz CT molecular complexity index is 714. The van der Waals surface area contributed by atoms with Gasteiger partial charge in [0, 0.05) is 12.3 Å². The van der Waals surface area contributed by atoms with Gasteiger partial charge in [-0.1, -0.05) is 12.1 Å². The molecule has 22 heavy (non-hydrogen) atoms. The lowest BCUT2D eigenvalue weighted by atomic mass is 10.2. The van der Waals surface area contributed by atoms with Crippen LogP contribution in [0.3, 0.4) is 0 Å². The first-order chi connectivity index (χ1) is 10.3. The number of halogens is 3. The average molecular weight is 312 g/mol. The predicted molar refractivity (Wildman–Crippen MR) is 67.3 cm³/mol. The third kappa shape index (κ3) is 3.37. The number of ether oxygens (including phenoxy) is 1. The Morgan fingerprint density at radius 3 is 2.41 bits per heavy atom. The largest absolute Gasteiger partial charge is 0.433 e. The van der Waals surface area contributed by atoms with Crippen molar-refractivity contribution in [3.05, 3.63) is 64.0 Å². The molecular formula is C13H7F3N2O4. The number of carbonyl (C=O) groups is 1. The average Bonchev–Trinajstić information content (AvgIpc) is 2.46. The molecule has 114 valence electrons. The Hall–Kier alpha value is -2.97. The second-order valence-electron chi connectivity index (χ2n) is 4.04. The van der Waals surface area contributed by atoms with E-state index in [9.17, 15) is 28.1 Å². The van der Waals surface area contributed by atoms with E-state index in [-0.39, 0.29) is 11.3 Å². The molecule has 1 aromatic heterocycles. The quantitative estimate of drug-likeness (QED) is 0.376. The molecule has 1 heterocycles. The van der Waals surface area contributed by atoms with Crippen LogP contribution in [0.1, 0.15) is 16.1 Å². The van der Waals surface area contributed by atoms with E-state index < -0.39 is 28.5 Å². The van der Waals surface area contributed by atoms with Gasteiger partial charge >= 0.3 is 17.8 Å². The first-order valence-corrected chi connectivity index (χ1v) is 5.78. The molecule has 0 aliphatic rings. The number of nitro groups is 1. The Kier molecular flexibility index (Phi) is 4.06. The summed E-state index contributed by atoms with van der Waals surface area (Å²) in [6.07, 6.45) is -3.93. The Morgan fingerprint density at radius 2 is 1.86 bits per heavy atom. The fourth-order valence-electron chi connectivity index (χ4n) is 1.54. The topological polar surface area (TPSA) is 82.3 Å².